The molecule has 31 heavy (non-hydrogen) atoms. The van der Waals surface area contributed by atoms with Gasteiger partial charge in [0.2, 0.25) is 0 Å². The van der Waals surface area contributed by atoms with E-state index in [0.29, 0.717) is 26.7 Å². The number of aromatic nitrogens is 2. The average molecular weight is 449 g/mol. The first-order chi connectivity index (χ1) is 14.9. The topological polar surface area (TPSA) is 110 Å². The molecule has 0 saturated heterocycles. The normalized spacial score (nSPS) is 11.9. The van der Waals surface area contributed by atoms with Crippen LogP contribution < -0.4 is 13.8 Å². The van der Waals surface area contributed by atoms with Crippen molar-refractivity contribution in [1.82, 2.24) is 0 Å². The van der Waals surface area contributed by atoms with Gasteiger partial charge in [-0.2, -0.15) is 9.13 Å². The predicted molar refractivity (Wildman–Crippen MR) is 107 cm³/mol. The van der Waals surface area contributed by atoms with Gasteiger partial charge in [0.25, 0.3) is 13.5 Å². The summed E-state index contributed by atoms with van der Waals surface area (Å²) in [6.07, 6.45) is 8.27. The van der Waals surface area contributed by atoms with Crippen LogP contribution in [-0.2, 0) is 22.9 Å². The van der Waals surface area contributed by atoms with E-state index in [4.69, 9.17) is 28.1 Å². The molecule has 0 unspecified atom stereocenters. The van der Waals surface area contributed by atoms with Crippen molar-refractivity contribution < 1.29 is 47.5 Å². The summed E-state index contributed by atoms with van der Waals surface area (Å²) >= 11 is 0. The molecular weight excluding hydrogens is 424 g/mol. The van der Waals surface area contributed by atoms with Gasteiger partial charge in [-0.25, -0.2) is 0 Å². The van der Waals surface area contributed by atoms with Crippen molar-refractivity contribution in [3.8, 4) is 0 Å². The molecule has 0 atom stereocenters. The summed E-state index contributed by atoms with van der Waals surface area (Å²) in [5.41, 5.74) is 0. The van der Waals surface area contributed by atoms with Gasteiger partial charge in [-0.3, -0.25) is 0 Å². The Hall–Kier alpha value is -2.69. The summed E-state index contributed by atoms with van der Waals surface area (Å²) in [6, 6.07) is 20.8. The second-order valence-electron chi connectivity index (χ2n) is 6.68. The van der Waals surface area contributed by atoms with Gasteiger partial charge in [0, 0.05) is 22.9 Å². The van der Waals surface area contributed by atoms with E-state index < -0.39 is 10.2 Å². The maximum atomic E-state index is 8.83. The number of hydrogen-bond acceptors (Lipinski definition) is 6. The standard InChI is InChI=1S/C22H22N2O2.ClH3O4/c1-3-7-21-15-23(11-9-19(21)5-1)17-25-13-14-26-18-24-12-10-20-6-2-4-8-22(20)16-24;2-1(3,4)5/h1-12,15-16H,13-14,17-18H2;2-4H/q+2;. The Kier molecular flexibility index (Phi) is 8.21. The van der Waals surface area contributed by atoms with E-state index in [-0.39, 0.29) is 0 Å². The number of rotatable bonds is 7. The zero-order valence-corrected chi connectivity index (χ0v) is 17.5. The van der Waals surface area contributed by atoms with Crippen LogP contribution in [-0.4, -0.2) is 27.2 Å². The van der Waals surface area contributed by atoms with Crippen molar-refractivity contribution in [3.63, 3.8) is 0 Å². The fourth-order valence-electron chi connectivity index (χ4n) is 2.97. The van der Waals surface area contributed by atoms with Crippen LogP contribution in [0.2, 0.25) is 0 Å². The van der Waals surface area contributed by atoms with Crippen LogP contribution in [0.1, 0.15) is 0 Å². The maximum Gasteiger partial charge on any atom is 0.252 e. The van der Waals surface area contributed by atoms with E-state index in [1.165, 1.54) is 21.5 Å². The zero-order chi connectivity index (χ0) is 22.1. The molecule has 0 amide bonds. The number of benzene rings is 2. The van der Waals surface area contributed by atoms with Gasteiger partial charge >= 0.3 is 28.9 Å². The Morgan fingerprint density at radius 2 is 1.00 bits per heavy atom. The Labute approximate surface area is 181 Å². The Morgan fingerprint density at radius 1 is 0.645 bits per heavy atom. The van der Waals surface area contributed by atoms with Gasteiger partial charge in [0.1, 0.15) is 0 Å². The number of hydrogen-bond donors (Lipinski definition) is 3. The van der Waals surface area contributed by atoms with Crippen LogP contribution in [0, 0.1) is 10.2 Å². The third-order valence-electron chi connectivity index (χ3n) is 4.35. The molecule has 0 bridgehead atoms. The number of fused-ring (bicyclic) bond motifs is 2. The largest absolute Gasteiger partial charge is 0.321 e. The van der Waals surface area contributed by atoms with Gasteiger partial charge in [-0.05, 0) is 22.9 Å². The smallest absolute Gasteiger partial charge is 0.252 e. The molecule has 164 valence electrons. The molecule has 0 aliphatic rings. The molecule has 0 saturated carbocycles. The summed E-state index contributed by atoms with van der Waals surface area (Å²) in [6.45, 7) is 2.18. The first-order valence-electron chi connectivity index (χ1n) is 9.46. The molecule has 0 radical (unpaired) electrons. The average Bonchev–Trinajstić information content (AvgIpc) is 2.75. The number of pyridine rings is 2. The van der Waals surface area contributed by atoms with Crippen LogP contribution >= 0.6 is 0 Å². The van der Waals surface area contributed by atoms with Crippen molar-refractivity contribution in [2.45, 2.75) is 13.5 Å². The van der Waals surface area contributed by atoms with E-state index in [1.807, 2.05) is 45.8 Å². The van der Waals surface area contributed by atoms with Gasteiger partial charge < -0.3 is 9.47 Å². The molecule has 4 aromatic rings. The minimum atomic E-state index is -4.19. The minimum Gasteiger partial charge on any atom is -0.321 e. The maximum absolute atomic E-state index is 8.83. The molecule has 3 N–H and O–H groups in total. The van der Waals surface area contributed by atoms with Gasteiger partial charge in [-0.15, -0.1) is 0 Å². The van der Waals surface area contributed by atoms with Crippen molar-refractivity contribution in [1.29, 1.82) is 0 Å². The summed E-state index contributed by atoms with van der Waals surface area (Å²) in [5, 5.41) is 4.89. The summed E-state index contributed by atoms with van der Waals surface area (Å²) in [5.74, 6) is 0. The van der Waals surface area contributed by atoms with Crippen LogP contribution in [0.25, 0.3) is 21.5 Å². The monoisotopic (exact) mass is 448 g/mol. The second kappa shape index (κ2) is 11.1. The Morgan fingerprint density at radius 3 is 1.39 bits per heavy atom. The summed E-state index contributed by atoms with van der Waals surface area (Å²) < 4.78 is 45.7. The molecule has 0 spiro atoms. The molecule has 9 heteroatoms. The van der Waals surface area contributed by atoms with E-state index in [1.54, 1.807) is 0 Å². The summed E-state index contributed by atoms with van der Waals surface area (Å²) in [7, 11) is -4.19. The van der Waals surface area contributed by atoms with Gasteiger partial charge in [0.05, 0.1) is 13.2 Å². The molecular formula is C22H25ClN2O6+2. The van der Waals surface area contributed by atoms with Crippen LogP contribution in [0.5, 0.6) is 0 Å². The van der Waals surface area contributed by atoms with Gasteiger partial charge in [0.15, 0.2) is 24.8 Å². The van der Waals surface area contributed by atoms with E-state index in [9.17, 15) is 0 Å². The molecule has 2 aromatic heterocycles. The fraction of sp³-hybridized carbons (Fsp3) is 0.182. The third-order valence-corrected chi connectivity index (χ3v) is 4.35. The molecule has 4 rings (SSSR count). The third kappa shape index (κ3) is 8.16. The summed E-state index contributed by atoms with van der Waals surface area (Å²) in [4.78, 5) is 0. The first kappa shape index (κ1) is 23.0. The van der Waals surface area contributed by atoms with Crippen molar-refractivity contribution in [3.05, 3.63) is 85.5 Å². The van der Waals surface area contributed by atoms with Crippen LogP contribution in [0.15, 0.2) is 85.5 Å². The quantitative estimate of drug-likeness (QED) is 0.278. The first-order valence-corrected chi connectivity index (χ1v) is 10.8. The number of nitrogens with zero attached hydrogens (tertiary/aromatic N) is 2. The van der Waals surface area contributed by atoms with Crippen molar-refractivity contribution >= 4 is 21.5 Å². The van der Waals surface area contributed by atoms with Gasteiger partial charge in [-0.1, -0.05) is 36.4 Å². The van der Waals surface area contributed by atoms with E-state index in [2.05, 4.69) is 48.8 Å². The predicted octanol–water partition coefficient (Wildman–Crippen LogP) is 0.356. The minimum absolute atomic E-state index is 0.525. The fourth-order valence-corrected chi connectivity index (χ4v) is 2.97. The van der Waals surface area contributed by atoms with Crippen molar-refractivity contribution in [2.75, 3.05) is 13.2 Å². The molecule has 8 nitrogen and oxygen atoms in total. The molecule has 0 fully saturated rings. The van der Waals surface area contributed by atoms with Crippen LogP contribution in [0.3, 0.4) is 0 Å². The molecule has 0 aliphatic heterocycles. The SMILES string of the molecule is [O-][Cl+](O)(O)O.c1ccc2c[n+](COCCOC[n+]3ccc4ccccc4c3)ccc2c1. The Balaban J connectivity index is 0.000000491. The zero-order valence-electron chi connectivity index (χ0n) is 16.8. The molecule has 2 heterocycles. The number of halogens is 1. The van der Waals surface area contributed by atoms with E-state index in [0.717, 1.165) is 0 Å². The Bertz CT molecular complexity index is 1030. The van der Waals surface area contributed by atoms with Crippen LogP contribution in [0.4, 0.5) is 0 Å². The number of ether oxygens (including phenoxy) is 2. The molecule has 0 aliphatic carbocycles. The van der Waals surface area contributed by atoms with Crippen molar-refractivity contribution in [2.24, 2.45) is 0 Å². The van der Waals surface area contributed by atoms with E-state index >= 15 is 0 Å². The molecule has 2 aromatic carbocycles. The second-order valence-corrected chi connectivity index (χ2v) is 7.55.